The number of urea groups is 1. The van der Waals surface area contributed by atoms with Gasteiger partial charge in [-0.2, -0.15) is 0 Å². The predicted octanol–water partition coefficient (Wildman–Crippen LogP) is 7.43. The van der Waals surface area contributed by atoms with Gasteiger partial charge in [-0.15, -0.1) is 11.3 Å². The fourth-order valence-electron chi connectivity index (χ4n) is 2.72. The summed E-state index contributed by atoms with van der Waals surface area (Å²) in [5.74, 6) is 0. The van der Waals surface area contributed by atoms with E-state index in [0.717, 1.165) is 21.8 Å². The SMILES string of the molecule is O=C(Nc1ccc(-c2csc(-c3ccc(Cl)cc3)n2)cc1)Nc1cccc(Cl)c1. The van der Waals surface area contributed by atoms with E-state index >= 15 is 0 Å². The molecular weight excluding hydrogens is 425 g/mol. The summed E-state index contributed by atoms with van der Waals surface area (Å²) in [6.07, 6.45) is 0. The van der Waals surface area contributed by atoms with Gasteiger partial charge < -0.3 is 10.6 Å². The third-order valence-corrected chi connectivity index (χ3v) is 5.49. The average Bonchev–Trinajstić information content (AvgIpc) is 3.19. The lowest BCUT2D eigenvalue weighted by molar-refractivity contribution is 0.262. The van der Waals surface area contributed by atoms with Crippen LogP contribution in [-0.4, -0.2) is 11.0 Å². The van der Waals surface area contributed by atoms with Crippen LogP contribution >= 0.6 is 34.5 Å². The molecule has 0 fully saturated rings. The van der Waals surface area contributed by atoms with Crippen LogP contribution in [0.2, 0.25) is 10.0 Å². The molecule has 1 aromatic heterocycles. The van der Waals surface area contributed by atoms with Crippen molar-refractivity contribution in [3.63, 3.8) is 0 Å². The summed E-state index contributed by atoms with van der Waals surface area (Å²) in [6, 6.07) is 21.8. The molecule has 7 heteroatoms. The number of amides is 2. The number of nitrogens with one attached hydrogen (secondary N) is 2. The summed E-state index contributed by atoms with van der Waals surface area (Å²) < 4.78 is 0. The molecule has 144 valence electrons. The number of halogens is 2. The molecule has 0 aliphatic rings. The van der Waals surface area contributed by atoms with E-state index in [1.165, 1.54) is 0 Å². The maximum atomic E-state index is 12.1. The largest absolute Gasteiger partial charge is 0.323 e. The first-order valence-electron chi connectivity index (χ1n) is 8.72. The van der Waals surface area contributed by atoms with E-state index in [0.29, 0.717) is 21.4 Å². The van der Waals surface area contributed by atoms with Crippen LogP contribution in [0.3, 0.4) is 0 Å². The molecule has 0 atom stereocenters. The highest BCUT2D eigenvalue weighted by Crippen LogP contribution is 2.30. The maximum Gasteiger partial charge on any atom is 0.323 e. The van der Waals surface area contributed by atoms with Gasteiger partial charge in [0.05, 0.1) is 5.69 Å². The number of rotatable bonds is 4. The Hall–Kier alpha value is -2.86. The molecule has 0 bridgehead atoms. The molecule has 0 radical (unpaired) electrons. The zero-order valence-corrected chi connectivity index (χ0v) is 17.4. The van der Waals surface area contributed by atoms with Crippen molar-refractivity contribution in [1.82, 2.24) is 4.98 Å². The molecule has 2 N–H and O–H groups in total. The zero-order chi connectivity index (χ0) is 20.2. The van der Waals surface area contributed by atoms with E-state index in [4.69, 9.17) is 28.2 Å². The molecule has 4 aromatic rings. The Labute approximate surface area is 182 Å². The van der Waals surface area contributed by atoms with E-state index in [1.54, 1.807) is 35.6 Å². The van der Waals surface area contributed by atoms with E-state index in [9.17, 15) is 4.79 Å². The molecule has 4 rings (SSSR count). The van der Waals surface area contributed by atoms with Crippen molar-refractivity contribution < 1.29 is 4.79 Å². The summed E-state index contributed by atoms with van der Waals surface area (Å²) in [6.45, 7) is 0. The number of nitrogens with zero attached hydrogens (tertiary/aromatic N) is 1. The van der Waals surface area contributed by atoms with E-state index < -0.39 is 0 Å². The van der Waals surface area contributed by atoms with Crippen LogP contribution in [0.25, 0.3) is 21.8 Å². The number of hydrogen-bond acceptors (Lipinski definition) is 3. The molecule has 0 saturated carbocycles. The molecule has 1 heterocycles. The molecule has 29 heavy (non-hydrogen) atoms. The fraction of sp³-hybridized carbons (Fsp3) is 0. The lowest BCUT2D eigenvalue weighted by Gasteiger charge is -2.08. The summed E-state index contributed by atoms with van der Waals surface area (Å²) in [4.78, 5) is 16.8. The van der Waals surface area contributed by atoms with Crippen molar-refractivity contribution in [1.29, 1.82) is 0 Å². The lowest BCUT2D eigenvalue weighted by atomic mass is 10.1. The van der Waals surface area contributed by atoms with Crippen molar-refractivity contribution in [2.24, 2.45) is 0 Å². The standard InChI is InChI=1S/C22H15Cl2N3OS/c23-16-8-4-15(5-9-16)21-27-20(13-29-21)14-6-10-18(11-7-14)25-22(28)26-19-3-1-2-17(24)12-19/h1-13H,(H2,25,26,28). The predicted molar refractivity (Wildman–Crippen MR) is 122 cm³/mol. The van der Waals surface area contributed by atoms with E-state index in [1.807, 2.05) is 53.9 Å². The molecule has 4 nitrogen and oxygen atoms in total. The van der Waals surface area contributed by atoms with Crippen molar-refractivity contribution in [2.75, 3.05) is 10.6 Å². The van der Waals surface area contributed by atoms with Gasteiger partial charge >= 0.3 is 6.03 Å². The first-order valence-corrected chi connectivity index (χ1v) is 10.4. The second-order valence-corrected chi connectivity index (χ2v) is 7.94. The van der Waals surface area contributed by atoms with Gasteiger partial charge in [-0.05, 0) is 42.5 Å². The van der Waals surface area contributed by atoms with Crippen molar-refractivity contribution >= 4 is 51.9 Å². The Kier molecular flexibility index (Phi) is 5.81. The van der Waals surface area contributed by atoms with E-state index in [-0.39, 0.29) is 6.03 Å². The van der Waals surface area contributed by atoms with Gasteiger partial charge in [-0.1, -0.05) is 53.5 Å². The molecule has 3 aromatic carbocycles. The summed E-state index contributed by atoms with van der Waals surface area (Å²) in [7, 11) is 0. The first kappa shape index (κ1) is 19.5. The number of aromatic nitrogens is 1. The second kappa shape index (κ2) is 8.66. The van der Waals surface area contributed by atoms with Gasteiger partial charge in [-0.25, -0.2) is 9.78 Å². The normalized spacial score (nSPS) is 10.6. The highest BCUT2D eigenvalue weighted by atomic mass is 35.5. The minimum Gasteiger partial charge on any atom is -0.308 e. The van der Waals surface area contributed by atoms with Crippen LogP contribution in [0.15, 0.2) is 78.2 Å². The zero-order valence-electron chi connectivity index (χ0n) is 15.0. The smallest absolute Gasteiger partial charge is 0.308 e. The first-order chi connectivity index (χ1) is 14.1. The average molecular weight is 440 g/mol. The van der Waals surface area contributed by atoms with Crippen LogP contribution < -0.4 is 10.6 Å². The third kappa shape index (κ3) is 4.95. The van der Waals surface area contributed by atoms with Gasteiger partial charge in [0.25, 0.3) is 0 Å². The van der Waals surface area contributed by atoms with Crippen LogP contribution in [0, 0.1) is 0 Å². The lowest BCUT2D eigenvalue weighted by Crippen LogP contribution is -2.19. The number of carbonyl (C=O) groups is 1. The minimum atomic E-state index is -0.335. The van der Waals surface area contributed by atoms with Gasteiger partial charge in [0, 0.05) is 37.9 Å². The highest BCUT2D eigenvalue weighted by Gasteiger charge is 2.08. The molecule has 0 aliphatic carbocycles. The maximum absolute atomic E-state index is 12.1. The van der Waals surface area contributed by atoms with Crippen molar-refractivity contribution in [2.45, 2.75) is 0 Å². The molecular formula is C22H15Cl2N3OS. The summed E-state index contributed by atoms with van der Waals surface area (Å²) in [5.41, 5.74) is 4.20. The van der Waals surface area contributed by atoms with E-state index in [2.05, 4.69) is 10.6 Å². The van der Waals surface area contributed by atoms with Gasteiger partial charge in [0.2, 0.25) is 0 Å². The van der Waals surface area contributed by atoms with Crippen molar-refractivity contribution in [3.8, 4) is 21.8 Å². The Morgan fingerprint density at radius 3 is 2.21 bits per heavy atom. The topological polar surface area (TPSA) is 54.0 Å². The number of benzene rings is 3. The Morgan fingerprint density at radius 1 is 0.793 bits per heavy atom. The van der Waals surface area contributed by atoms with Crippen LogP contribution in [0.5, 0.6) is 0 Å². The number of anilines is 2. The van der Waals surface area contributed by atoms with Crippen LogP contribution in [-0.2, 0) is 0 Å². The molecule has 0 aliphatic heterocycles. The van der Waals surface area contributed by atoms with Crippen molar-refractivity contribution in [3.05, 3.63) is 88.2 Å². The summed E-state index contributed by atoms with van der Waals surface area (Å²) in [5, 5.41) is 9.76. The number of thiazole rings is 1. The highest BCUT2D eigenvalue weighted by molar-refractivity contribution is 7.13. The molecule has 2 amide bonds. The molecule has 0 saturated heterocycles. The monoisotopic (exact) mass is 439 g/mol. The Balaban J connectivity index is 1.43. The molecule has 0 spiro atoms. The minimum absolute atomic E-state index is 0.335. The Morgan fingerprint density at radius 2 is 1.48 bits per heavy atom. The summed E-state index contributed by atoms with van der Waals surface area (Å²) >= 11 is 13.5. The number of carbonyl (C=O) groups excluding carboxylic acids is 1. The Bertz CT molecular complexity index is 1140. The molecule has 0 unspecified atom stereocenters. The fourth-order valence-corrected chi connectivity index (χ4v) is 3.87. The van der Waals surface area contributed by atoms with Gasteiger partial charge in [0.15, 0.2) is 0 Å². The van der Waals surface area contributed by atoms with Gasteiger partial charge in [-0.3, -0.25) is 0 Å². The van der Waals surface area contributed by atoms with Crippen LogP contribution in [0.1, 0.15) is 0 Å². The van der Waals surface area contributed by atoms with Crippen LogP contribution in [0.4, 0.5) is 16.2 Å². The number of hydrogen-bond donors (Lipinski definition) is 2. The third-order valence-electron chi connectivity index (χ3n) is 4.12. The van der Waals surface area contributed by atoms with Gasteiger partial charge in [0.1, 0.15) is 5.01 Å². The quantitative estimate of drug-likeness (QED) is 0.347. The second-order valence-electron chi connectivity index (χ2n) is 6.21.